The predicted octanol–water partition coefficient (Wildman–Crippen LogP) is 1.86. The standard InChI is InChI=1S/C11H11F3O5S/c1-2-3-4-5-6-8-7-9(18-10(8)15)19-20(16,17)11(12,13)14/h1,7,9H,3-6H2. The Hall–Kier alpha value is -1.53. The lowest BCUT2D eigenvalue weighted by Gasteiger charge is -2.11. The molecule has 1 unspecified atom stereocenters. The van der Waals surface area contributed by atoms with Crippen LogP contribution in [-0.4, -0.2) is 26.2 Å². The van der Waals surface area contributed by atoms with Crippen molar-refractivity contribution in [2.24, 2.45) is 0 Å². The van der Waals surface area contributed by atoms with Crippen LogP contribution in [0.15, 0.2) is 11.6 Å². The van der Waals surface area contributed by atoms with Gasteiger partial charge in [-0.05, 0) is 25.3 Å². The third-order valence-electron chi connectivity index (χ3n) is 2.34. The van der Waals surface area contributed by atoms with Gasteiger partial charge in [0.15, 0.2) is 0 Å². The van der Waals surface area contributed by atoms with Gasteiger partial charge in [0.2, 0.25) is 6.29 Å². The van der Waals surface area contributed by atoms with Crippen molar-refractivity contribution in [2.75, 3.05) is 0 Å². The van der Waals surface area contributed by atoms with Crippen molar-refractivity contribution in [3.63, 3.8) is 0 Å². The van der Waals surface area contributed by atoms with Gasteiger partial charge in [-0.2, -0.15) is 21.6 Å². The molecule has 1 aliphatic rings. The van der Waals surface area contributed by atoms with E-state index in [1.54, 1.807) is 0 Å². The average molecular weight is 312 g/mol. The summed E-state index contributed by atoms with van der Waals surface area (Å²) in [5.41, 5.74) is -5.49. The fourth-order valence-electron chi connectivity index (χ4n) is 1.40. The largest absolute Gasteiger partial charge is 0.523 e. The molecular weight excluding hydrogens is 301 g/mol. The summed E-state index contributed by atoms with van der Waals surface area (Å²) in [5, 5.41) is 0. The molecule has 9 heteroatoms. The Bertz CT molecular complexity index is 541. The van der Waals surface area contributed by atoms with E-state index in [4.69, 9.17) is 6.42 Å². The van der Waals surface area contributed by atoms with Gasteiger partial charge in [0, 0.05) is 12.0 Å². The summed E-state index contributed by atoms with van der Waals surface area (Å²) in [7, 11) is -5.81. The molecule has 0 aliphatic carbocycles. The monoisotopic (exact) mass is 312 g/mol. The number of halogens is 3. The van der Waals surface area contributed by atoms with E-state index in [0.717, 1.165) is 6.08 Å². The van der Waals surface area contributed by atoms with Crippen LogP contribution in [0, 0.1) is 12.3 Å². The third kappa shape index (κ3) is 4.25. The molecule has 1 heterocycles. The lowest BCUT2D eigenvalue weighted by atomic mass is 10.1. The minimum atomic E-state index is -5.81. The zero-order chi connectivity index (χ0) is 15.4. The minimum Gasteiger partial charge on any atom is -0.427 e. The molecule has 1 rings (SSSR count). The Kier molecular flexibility index (Phi) is 5.19. The maximum Gasteiger partial charge on any atom is 0.523 e. The molecule has 5 nitrogen and oxygen atoms in total. The fourth-order valence-corrected chi connectivity index (χ4v) is 1.86. The smallest absolute Gasteiger partial charge is 0.427 e. The molecule has 0 saturated carbocycles. The number of ether oxygens (including phenoxy) is 1. The average Bonchev–Trinajstić information content (AvgIpc) is 2.63. The van der Waals surface area contributed by atoms with Gasteiger partial charge in [-0.15, -0.1) is 12.3 Å². The number of esters is 1. The Morgan fingerprint density at radius 3 is 2.60 bits per heavy atom. The molecule has 0 aromatic carbocycles. The van der Waals surface area contributed by atoms with Gasteiger partial charge in [0.25, 0.3) is 0 Å². The van der Waals surface area contributed by atoms with Crippen molar-refractivity contribution < 1.29 is 35.3 Å². The van der Waals surface area contributed by atoms with Gasteiger partial charge in [-0.3, -0.25) is 0 Å². The first-order chi connectivity index (χ1) is 9.17. The summed E-state index contributed by atoms with van der Waals surface area (Å²) in [5.74, 6) is 1.50. The second-order valence-corrected chi connectivity index (χ2v) is 5.44. The van der Waals surface area contributed by atoms with Crippen LogP contribution in [-0.2, 0) is 23.8 Å². The normalized spacial score (nSPS) is 19.4. The first kappa shape index (κ1) is 16.5. The second-order valence-electron chi connectivity index (χ2n) is 3.87. The van der Waals surface area contributed by atoms with E-state index in [-0.39, 0.29) is 12.0 Å². The van der Waals surface area contributed by atoms with Crippen molar-refractivity contribution in [1.82, 2.24) is 0 Å². The topological polar surface area (TPSA) is 69.7 Å². The van der Waals surface area contributed by atoms with Crippen molar-refractivity contribution >= 4 is 16.1 Å². The molecule has 0 saturated heterocycles. The summed E-state index contributed by atoms with van der Waals surface area (Å²) < 4.78 is 65.9. The van der Waals surface area contributed by atoms with Crippen LogP contribution in [0.5, 0.6) is 0 Å². The van der Waals surface area contributed by atoms with Crippen LogP contribution in [0.4, 0.5) is 13.2 Å². The first-order valence-electron chi connectivity index (χ1n) is 5.52. The molecule has 0 aromatic rings. The van der Waals surface area contributed by atoms with Crippen molar-refractivity contribution in [3.05, 3.63) is 11.6 Å². The van der Waals surface area contributed by atoms with Gasteiger partial charge in [0.1, 0.15) is 0 Å². The van der Waals surface area contributed by atoms with Crippen LogP contribution < -0.4 is 0 Å². The summed E-state index contributed by atoms with van der Waals surface area (Å²) in [6.07, 6.45) is 5.97. The molecule has 20 heavy (non-hydrogen) atoms. The van der Waals surface area contributed by atoms with Crippen molar-refractivity contribution in [2.45, 2.75) is 37.5 Å². The highest BCUT2D eigenvalue weighted by Crippen LogP contribution is 2.28. The molecule has 0 bridgehead atoms. The van der Waals surface area contributed by atoms with Crippen LogP contribution in [0.2, 0.25) is 0 Å². The molecular formula is C11H11F3O5S. The Morgan fingerprint density at radius 1 is 1.40 bits per heavy atom. The second kappa shape index (κ2) is 6.28. The predicted molar refractivity (Wildman–Crippen MR) is 61.3 cm³/mol. The highest BCUT2D eigenvalue weighted by molar-refractivity contribution is 7.87. The van der Waals surface area contributed by atoms with E-state index in [2.05, 4.69) is 14.8 Å². The van der Waals surface area contributed by atoms with E-state index in [0.29, 0.717) is 19.3 Å². The van der Waals surface area contributed by atoms with E-state index in [1.807, 2.05) is 0 Å². The van der Waals surface area contributed by atoms with Crippen LogP contribution in [0.25, 0.3) is 0 Å². The van der Waals surface area contributed by atoms with Crippen LogP contribution >= 0.6 is 0 Å². The molecule has 0 N–H and O–H groups in total. The highest BCUT2D eigenvalue weighted by Gasteiger charge is 2.49. The molecule has 0 radical (unpaired) electrons. The fraction of sp³-hybridized carbons (Fsp3) is 0.545. The van der Waals surface area contributed by atoms with Gasteiger partial charge >= 0.3 is 21.6 Å². The molecule has 1 aliphatic heterocycles. The van der Waals surface area contributed by atoms with Crippen LogP contribution in [0.1, 0.15) is 25.7 Å². The minimum absolute atomic E-state index is 0.0735. The lowest BCUT2D eigenvalue weighted by Crippen LogP contribution is -2.29. The first-order valence-corrected chi connectivity index (χ1v) is 6.93. The number of alkyl halides is 3. The highest BCUT2D eigenvalue weighted by atomic mass is 32.2. The van der Waals surface area contributed by atoms with Crippen LogP contribution in [0.3, 0.4) is 0 Å². The summed E-state index contributed by atoms with van der Waals surface area (Å²) in [4.78, 5) is 11.3. The van der Waals surface area contributed by atoms with Gasteiger partial charge in [-0.25, -0.2) is 8.98 Å². The third-order valence-corrected chi connectivity index (χ3v) is 3.35. The van der Waals surface area contributed by atoms with Gasteiger partial charge in [-0.1, -0.05) is 0 Å². The number of hydrogen-bond acceptors (Lipinski definition) is 5. The molecule has 0 spiro atoms. The van der Waals surface area contributed by atoms with Gasteiger partial charge < -0.3 is 4.74 Å². The van der Waals surface area contributed by atoms with Crippen molar-refractivity contribution in [1.29, 1.82) is 0 Å². The number of terminal acetylenes is 1. The molecule has 0 aromatic heterocycles. The SMILES string of the molecule is C#CCCCCC1=CC(OS(=O)(=O)C(F)(F)F)OC1=O. The zero-order valence-corrected chi connectivity index (χ0v) is 11.0. The maximum absolute atomic E-state index is 12.1. The van der Waals surface area contributed by atoms with Gasteiger partial charge in [0.05, 0.1) is 0 Å². The Balaban J connectivity index is 2.61. The van der Waals surface area contributed by atoms with E-state index < -0.39 is 27.9 Å². The van der Waals surface area contributed by atoms with Crippen molar-refractivity contribution in [3.8, 4) is 12.3 Å². The quantitative estimate of drug-likeness (QED) is 0.246. The Labute approximate surface area is 113 Å². The number of carbonyl (C=O) groups excluding carboxylic acids is 1. The number of rotatable bonds is 6. The Morgan fingerprint density at radius 2 is 2.05 bits per heavy atom. The number of cyclic esters (lactones) is 1. The van der Waals surface area contributed by atoms with E-state index in [9.17, 15) is 26.4 Å². The summed E-state index contributed by atoms with van der Waals surface area (Å²) in [6, 6.07) is 0. The summed E-state index contributed by atoms with van der Waals surface area (Å²) >= 11 is 0. The summed E-state index contributed by atoms with van der Waals surface area (Å²) in [6.45, 7) is 0. The molecule has 1 atom stereocenters. The van der Waals surface area contributed by atoms with E-state index in [1.165, 1.54) is 0 Å². The number of hydrogen-bond donors (Lipinski definition) is 0. The molecule has 0 fully saturated rings. The molecule has 112 valence electrons. The van der Waals surface area contributed by atoms with E-state index >= 15 is 0 Å². The molecule has 0 amide bonds. The lowest BCUT2D eigenvalue weighted by molar-refractivity contribution is -0.150. The number of unbranched alkanes of at least 4 members (excludes halogenated alkanes) is 2. The zero-order valence-electron chi connectivity index (χ0n) is 10.1. The number of carbonyl (C=O) groups is 1. The maximum atomic E-state index is 12.1.